The number of carbonyl (C=O) groups is 2. The third-order valence-electron chi connectivity index (χ3n) is 3.86. The maximum atomic E-state index is 13.6. The van der Waals surface area contributed by atoms with Gasteiger partial charge in [0, 0.05) is 20.0 Å². The van der Waals surface area contributed by atoms with Gasteiger partial charge in [-0.15, -0.1) is 0 Å². The number of benzene rings is 1. The Bertz CT molecular complexity index is 760. The Balaban J connectivity index is 1.87. The van der Waals surface area contributed by atoms with E-state index in [-0.39, 0.29) is 30.5 Å². The third kappa shape index (κ3) is 5.37. The molecule has 1 heterocycles. The Kier molecular flexibility index (Phi) is 6.82. The summed E-state index contributed by atoms with van der Waals surface area (Å²) in [6.07, 6.45) is 2.26. The van der Waals surface area contributed by atoms with Crippen LogP contribution in [0.2, 0.25) is 0 Å². The number of nitrogens with zero attached hydrogens (tertiary/aromatic N) is 3. The molecule has 26 heavy (non-hydrogen) atoms. The van der Waals surface area contributed by atoms with Gasteiger partial charge in [0.2, 0.25) is 5.91 Å². The first-order chi connectivity index (χ1) is 12.4. The van der Waals surface area contributed by atoms with Crippen molar-refractivity contribution >= 4 is 11.8 Å². The second-order valence-corrected chi connectivity index (χ2v) is 6.48. The molecule has 0 aliphatic heterocycles. The number of hydrogen-bond donors (Lipinski definition) is 2. The van der Waals surface area contributed by atoms with Crippen LogP contribution in [0.5, 0.6) is 0 Å². The summed E-state index contributed by atoms with van der Waals surface area (Å²) >= 11 is 0. The lowest BCUT2D eigenvalue weighted by atomic mass is 10.0. The van der Waals surface area contributed by atoms with E-state index in [9.17, 15) is 14.0 Å². The summed E-state index contributed by atoms with van der Waals surface area (Å²) in [7, 11) is 1.77. The van der Waals surface area contributed by atoms with Crippen molar-refractivity contribution in [3.8, 4) is 0 Å². The van der Waals surface area contributed by atoms with Gasteiger partial charge in [0.05, 0.1) is 11.6 Å². The van der Waals surface area contributed by atoms with Crippen LogP contribution in [0.15, 0.2) is 30.6 Å². The molecule has 0 bridgehead atoms. The summed E-state index contributed by atoms with van der Waals surface area (Å²) in [4.78, 5) is 28.4. The molecule has 1 atom stereocenters. The largest absolute Gasteiger partial charge is 0.351 e. The van der Waals surface area contributed by atoms with Crippen LogP contribution in [-0.2, 0) is 11.8 Å². The molecule has 0 unspecified atom stereocenters. The molecule has 8 heteroatoms. The molecule has 0 saturated carbocycles. The molecule has 0 aliphatic carbocycles. The summed E-state index contributed by atoms with van der Waals surface area (Å²) in [5, 5.41) is 9.53. The van der Waals surface area contributed by atoms with E-state index in [1.165, 1.54) is 24.5 Å². The van der Waals surface area contributed by atoms with Gasteiger partial charge >= 0.3 is 0 Å². The van der Waals surface area contributed by atoms with Gasteiger partial charge < -0.3 is 10.6 Å². The highest BCUT2D eigenvalue weighted by Crippen LogP contribution is 2.18. The predicted octanol–water partition coefficient (Wildman–Crippen LogP) is 1.98. The molecule has 2 rings (SSSR count). The average molecular weight is 361 g/mol. The fourth-order valence-corrected chi connectivity index (χ4v) is 2.62. The number of rotatable bonds is 8. The minimum atomic E-state index is -0.589. The second kappa shape index (κ2) is 9.07. The molecular formula is C18H24FN5O2. The first-order valence-electron chi connectivity index (χ1n) is 8.54. The Morgan fingerprint density at radius 2 is 2.00 bits per heavy atom. The van der Waals surface area contributed by atoms with Gasteiger partial charge in [-0.3, -0.25) is 14.3 Å². The molecule has 7 nitrogen and oxygen atoms in total. The fraction of sp³-hybridized carbons (Fsp3) is 0.444. The summed E-state index contributed by atoms with van der Waals surface area (Å²) in [6.45, 7) is 4.24. The van der Waals surface area contributed by atoms with Gasteiger partial charge in [-0.2, -0.15) is 5.10 Å². The predicted molar refractivity (Wildman–Crippen MR) is 94.7 cm³/mol. The highest BCUT2D eigenvalue weighted by atomic mass is 19.1. The van der Waals surface area contributed by atoms with Crippen LogP contribution < -0.4 is 10.6 Å². The van der Waals surface area contributed by atoms with Crippen molar-refractivity contribution in [2.75, 3.05) is 6.54 Å². The lowest BCUT2D eigenvalue weighted by molar-refractivity contribution is -0.121. The molecule has 0 spiro atoms. The highest BCUT2D eigenvalue weighted by Gasteiger charge is 2.20. The quantitative estimate of drug-likeness (QED) is 0.752. The average Bonchev–Trinajstić information content (AvgIpc) is 3.00. The Morgan fingerprint density at radius 1 is 1.27 bits per heavy atom. The van der Waals surface area contributed by atoms with Gasteiger partial charge in [-0.1, -0.05) is 26.0 Å². The topological polar surface area (TPSA) is 88.9 Å². The first-order valence-corrected chi connectivity index (χ1v) is 8.54. The number of aromatic nitrogens is 3. The molecule has 140 valence electrons. The monoisotopic (exact) mass is 361 g/mol. The molecule has 0 fully saturated rings. The van der Waals surface area contributed by atoms with Gasteiger partial charge in [-0.05, 0) is 24.5 Å². The molecule has 0 saturated heterocycles. The molecule has 0 aliphatic rings. The Hall–Kier alpha value is -2.77. The van der Waals surface area contributed by atoms with E-state index in [1.807, 2.05) is 0 Å². The maximum Gasteiger partial charge on any atom is 0.254 e. The zero-order valence-electron chi connectivity index (χ0n) is 15.2. The van der Waals surface area contributed by atoms with Gasteiger partial charge in [0.25, 0.3) is 5.91 Å². The van der Waals surface area contributed by atoms with Crippen LogP contribution in [-0.4, -0.2) is 33.1 Å². The Morgan fingerprint density at radius 3 is 2.62 bits per heavy atom. The van der Waals surface area contributed by atoms with E-state index in [2.05, 4.69) is 34.6 Å². The van der Waals surface area contributed by atoms with Crippen LogP contribution in [0.25, 0.3) is 0 Å². The maximum absolute atomic E-state index is 13.6. The molecule has 2 N–H and O–H groups in total. The second-order valence-electron chi connectivity index (χ2n) is 6.48. The number of halogens is 1. The number of hydrogen-bond acceptors (Lipinski definition) is 4. The van der Waals surface area contributed by atoms with E-state index < -0.39 is 11.7 Å². The number of nitrogens with one attached hydrogen (secondary N) is 2. The van der Waals surface area contributed by atoms with Crippen LogP contribution in [0, 0.1) is 11.7 Å². The van der Waals surface area contributed by atoms with E-state index in [0.717, 1.165) is 6.42 Å². The molecule has 2 amide bonds. The van der Waals surface area contributed by atoms with Gasteiger partial charge in [0.15, 0.2) is 0 Å². The standard InChI is InChI=1S/C18H24FN5O2/c1-12(2)10-15(17-21-11-22-24(17)3)23-16(25)8-9-20-18(26)13-6-4-5-7-14(13)19/h4-7,11-12,15H,8-10H2,1-3H3,(H,20,26)(H,23,25)/t15-/m0/s1. The van der Waals surface area contributed by atoms with E-state index in [1.54, 1.807) is 17.8 Å². The zero-order chi connectivity index (χ0) is 19.1. The number of amides is 2. The van der Waals surface area contributed by atoms with Crippen molar-refractivity contribution in [1.82, 2.24) is 25.4 Å². The third-order valence-corrected chi connectivity index (χ3v) is 3.86. The zero-order valence-corrected chi connectivity index (χ0v) is 15.2. The highest BCUT2D eigenvalue weighted by molar-refractivity contribution is 5.94. The van der Waals surface area contributed by atoms with Gasteiger partial charge in [0.1, 0.15) is 18.0 Å². The Labute approximate surface area is 152 Å². The molecule has 1 aromatic carbocycles. The molecular weight excluding hydrogens is 337 g/mol. The molecule has 1 aromatic heterocycles. The van der Waals surface area contributed by atoms with E-state index in [4.69, 9.17) is 0 Å². The van der Waals surface area contributed by atoms with Crippen molar-refractivity contribution in [2.45, 2.75) is 32.7 Å². The normalized spacial score (nSPS) is 12.0. The van der Waals surface area contributed by atoms with Crippen molar-refractivity contribution in [3.63, 3.8) is 0 Å². The lowest BCUT2D eigenvalue weighted by Gasteiger charge is -2.20. The summed E-state index contributed by atoms with van der Waals surface area (Å²) in [5.74, 6) is -0.302. The smallest absolute Gasteiger partial charge is 0.254 e. The number of carbonyl (C=O) groups excluding carboxylic acids is 2. The van der Waals surface area contributed by atoms with Crippen LogP contribution >= 0.6 is 0 Å². The summed E-state index contributed by atoms with van der Waals surface area (Å²) in [6, 6.07) is 5.47. The van der Waals surface area contributed by atoms with Crippen molar-refractivity contribution in [1.29, 1.82) is 0 Å². The summed E-state index contributed by atoms with van der Waals surface area (Å²) < 4.78 is 15.2. The molecule has 2 aromatic rings. The number of aryl methyl sites for hydroxylation is 1. The lowest BCUT2D eigenvalue weighted by Crippen LogP contribution is -2.34. The minimum Gasteiger partial charge on any atom is -0.351 e. The SMILES string of the molecule is CC(C)C[C@H](NC(=O)CCNC(=O)c1ccccc1F)c1ncnn1C. The minimum absolute atomic E-state index is 0.0373. The molecule has 0 radical (unpaired) electrons. The van der Waals surface area contributed by atoms with Crippen LogP contribution in [0.1, 0.15) is 48.9 Å². The van der Waals surface area contributed by atoms with Crippen LogP contribution in [0.4, 0.5) is 4.39 Å². The first kappa shape index (κ1) is 19.6. The van der Waals surface area contributed by atoms with Gasteiger partial charge in [-0.25, -0.2) is 9.37 Å². The van der Waals surface area contributed by atoms with Crippen molar-refractivity contribution in [3.05, 3.63) is 47.8 Å². The summed E-state index contributed by atoms with van der Waals surface area (Å²) in [5.41, 5.74) is -0.0373. The van der Waals surface area contributed by atoms with E-state index >= 15 is 0 Å². The van der Waals surface area contributed by atoms with E-state index in [0.29, 0.717) is 11.7 Å². The van der Waals surface area contributed by atoms with Crippen LogP contribution in [0.3, 0.4) is 0 Å². The van der Waals surface area contributed by atoms with Crippen molar-refractivity contribution < 1.29 is 14.0 Å². The van der Waals surface area contributed by atoms with Crippen molar-refractivity contribution in [2.24, 2.45) is 13.0 Å². The fourth-order valence-electron chi connectivity index (χ4n) is 2.62.